The molecule has 0 aliphatic heterocycles. The predicted octanol–water partition coefficient (Wildman–Crippen LogP) is 3.15. The van der Waals surface area contributed by atoms with Gasteiger partial charge in [-0.25, -0.2) is 14.4 Å². The molecule has 0 saturated carbocycles. The van der Waals surface area contributed by atoms with Gasteiger partial charge in [0.25, 0.3) is 0 Å². The van der Waals surface area contributed by atoms with Crippen molar-refractivity contribution in [1.29, 1.82) is 0 Å². The van der Waals surface area contributed by atoms with Crippen LogP contribution in [0, 0.1) is 12.7 Å². The van der Waals surface area contributed by atoms with Crippen molar-refractivity contribution in [2.24, 2.45) is 0 Å². The van der Waals surface area contributed by atoms with E-state index in [0.717, 1.165) is 12.1 Å². The van der Waals surface area contributed by atoms with Crippen LogP contribution in [-0.2, 0) is 0 Å². The zero-order valence-electron chi connectivity index (χ0n) is 10.3. The first-order valence-electron chi connectivity index (χ1n) is 5.70. The van der Waals surface area contributed by atoms with Crippen LogP contribution >= 0.6 is 0 Å². The van der Waals surface area contributed by atoms with Crippen molar-refractivity contribution < 1.29 is 9.13 Å². The molecule has 0 bridgehead atoms. The molecular weight excluding hydrogens is 233 g/mol. The Morgan fingerprint density at radius 1 is 1.28 bits per heavy atom. The Labute approximate surface area is 105 Å². The first kappa shape index (κ1) is 12.3. The maximum atomic E-state index is 13.5. The summed E-state index contributed by atoms with van der Waals surface area (Å²) in [6, 6.07) is 6.22. The first-order chi connectivity index (χ1) is 8.72. The van der Waals surface area contributed by atoms with E-state index in [9.17, 15) is 4.39 Å². The zero-order valence-corrected chi connectivity index (χ0v) is 10.3. The number of anilines is 1. The molecule has 1 aromatic carbocycles. The Morgan fingerprint density at radius 3 is 2.78 bits per heavy atom. The molecule has 0 aliphatic carbocycles. The Bertz CT molecular complexity index is 546. The van der Waals surface area contributed by atoms with E-state index in [1.807, 2.05) is 13.8 Å². The van der Waals surface area contributed by atoms with Gasteiger partial charge in [-0.05, 0) is 26.0 Å². The molecule has 0 spiro atoms. The smallest absolute Gasteiger partial charge is 0.227 e. The number of ether oxygens (including phenoxy) is 1. The van der Waals surface area contributed by atoms with E-state index < -0.39 is 5.82 Å². The van der Waals surface area contributed by atoms with E-state index in [4.69, 9.17) is 4.74 Å². The molecule has 2 aromatic rings. The highest BCUT2D eigenvalue weighted by atomic mass is 19.1. The van der Waals surface area contributed by atoms with Gasteiger partial charge in [0.05, 0.1) is 5.56 Å². The van der Waals surface area contributed by atoms with Crippen LogP contribution in [-0.4, -0.2) is 16.5 Å². The van der Waals surface area contributed by atoms with Crippen molar-refractivity contribution in [3.63, 3.8) is 0 Å². The van der Waals surface area contributed by atoms with Crippen LogP contribution in [0.3, 0.4) is 0 Å². The standard InChI is InChI=1S/C13H14FN3O/c1-3-15-12-9(2)13(17-8-16-12)18-11-7-5-4-6-10(11)14/h4-8H,3H2,1-2H3,(H,15,16,17). The molecule has 94 valence electrons. The molecule has 0 unspecified atom stereocenters. The second-order valence-corrected chi connectivity index (χ2v) is 3.72. The summed E-state index contributed by atoms with van der Waals surface area (Å²) >= 11 is 0. The van der Waals surface area contributed by atoms with Crippen LogP contribution in [0.15, 0.2) is 30.6 Å². The molecule has 0 fully saturated rings. The summed E-state index contributed by atoms with van der Waals surface area (Å²) in [4.78, 5) is 8.11. The maximum absolute atomic E-state index is 13.5. The number of aromatic nitrogens is 2. The predicted molar refractivity (Wildman–Crippen MR) is 67.4 cm³/mol. The Balaban J connectivity index is 2.30. The molecule has 1 N–H and O–H groups in total. The fourth-order valence-electron chi connectivity index (χ4n) is 1.51. The molecule has 0 aliphatic rings. The normalized spacial score (nSPS) is 10.2. The summed E-state index contributed by atoms with van der Waals surface area (Å²) < 4.78 is 18.9. The molecule has 0 amide bonds. The third kappa shape index (κ3) is 2.56. The lowest BCUT2D eigenvalue weighted by Gasteiger charge is -2.11. The van der Waals surface area contributed by atoms with Gasteiger partial charge in [-0.1, -0.05) is 12.1 Å². The molecule has 5 heteroatoms. The monoisotopic (exact) mass is 247 g/mol. The van der Waals surface area contributed by atoms with Gasteiger partial charge in [0.15, 0.2) is 11.6 Å². The van der Waals surface area contributed by atoms with Crippen LogP contribution in [0.4, 0.5) is 10.2 Å². The second kappa shape index (κ2) is 5.44. The van der Waals surface area contributed by atoms with Crippen molar-refractivity contribution in [3.05, 3.63) is 42.0 Å². The molecule has 1 aromatic heterocycles. The van der Waals surface area contributed by atoms with E-state index in [-0.39, 0.29) is 5.75 Å². The highest BCUT2D eigenvalue weighted by Gasteiger charge is 2.10. The number of para-hydroxylation sites is 1. The van der Waals surface area contributed by atoms with Gasteiger partial charge in [-0.15, -0.1) is 0 Å². The molecule has 0 radical (unpaired) electrons. The average Bonchev–Trinajstić information content (AvgIpc) is 2.37. The Kier molecular flexibility index (Phi) is 3.72. The van der Waals surface area contributed by atoms with Crippen molar-refractivity contribution in [2.75, 3.05) is 11.9 Å². The van der Waals surface area contributed by atoms with E-state index in [1.54, 1.807) is 18.2 Å². The molecule has 0 saturated heterocycles. The average molecular weight is 247 g/mol. The fraction of sp³-hybridized carbons (Fsp3) is 0.231. The minimum atomic E-state index is -0.416. The van der Waals surface area contributed by atoms with Gasteiger partial charge in [0.1, 0.15) is 12.1 Å². The third-order valence-electron chi connectivity index (χ3n) is 2.43. The lowest BCUT2D eigenvalue weighted by atomic mass is 10.3. The van der Waals surface area contributed by atoms with Crippen LogP contribution < -0.4 is 10.1 Å². The van der Waals surface area contributed by atoms with Gasteiger partial charge in [-0.3, -0.25) is 0 Å². The molecule has 4 nitrogen and oxygen atoms in total. The number of nitrogens with one attached hydrogen (secondary N) is 1. The molecule has 0 atom stereocenters. The summed E-state index contributed by atoms with van der Waals surface area (Å²) in [7, 11) is 0. The summed E-state index contributed by atoms with van der Waals surface area (Å²) in [5, 5.41) is 3.09. The number of nitrogens with zero attached hydrogens (tertiary/aromatic N) is 2. The minimum Gasteiger partial charge on any atom is -0.435 e. The lowest BCUT2D eigenvalue weighted by molar-refractivity contribution is 0.423. The number of hydrogen-bond acceptors (Lipinski definition) is 4. The first-order valence-corrected chi connectivity index (χ1v) is 5.70. The van der Waals surface area contributed by atoms with Crippen LogP contribution in [0.25, 0.3) is 0 Å². The highest BCUT2D eigenvalue weighted by Crippen LogP contribution is 2.27. The topological polar surface area (TPSA) is 47.0 Å². The number of halogens is 1. The Hall–Kier alpha value is -2.17. The maximum Gasteiger partial charge on any atom is 0.227 e. The van der Waals surface area contributed by atoms with E-state index >= 15 is 0 Å². The summed E-state index contributed by atoms with van der Waals surface area (Å²) in [5.41, 5.74) is 0.752. The van der Waals surface area contributed by atoms with Crippen LogP contribution in [0.1, 0.15) is 12.5 Å². The van der Waals surface area contributed by atoms with Gasteiger partial charge < -0.3 is 10.1 Å². The van der Waals surface area contributed by atoms with Crippen molar-refractivity contribution in [3.8, 4) is 11.6 Å². The molecule has 18 heavy (non-hydrogen) atoms. The van der Waals surface area contributed by atoms with Crippen molar-refractivity contribution >= 4 is 5.82 Å². The number of rotatable bonds is 4. The second-order valence-electron chi connectivity index (χ2n) is 3.72. The van der Waals surface area contributed by atoms with Gasteiger partial charge in [0.2, 0.25) is 5.88 Å². The lowest BCUT2D eigenvalue weighted by Crippen LogP contribution is -2.04. The highest BCUT2D eigenvalue weighted by molar-refractivity contribution is 5.48. The van der Waals surface area contributed by atoms with E-state index in [1.165, 1.54) is 12.4 Å². The quantitative estimate of drug-likeness (QED) is 0.901. The minimum absolute atomic E-state index is 0.154. The van der Waals surface area contributed by atoms with Crippen LogP contribution in [0.2, 0.25) is 0 Å². The van der Waals surface area contributed by atoms with Crippen molar-refractivity contribution in [2.45, 2.75) is 13.8 Å². The van der Waals surface area contributed by atoms with Gasteiger partial charge >= 0.3 is 0 Å². The van der Waals surface area contributed by atoms with Crippen LogP contribution in [0.5, 0.6) is 11.6 Å². The molecule has 1 heterocycles. The summed E-state index contributed by atoms with van der Waals surface area (Å²) in [6.45, 7) is 4.55. The molecular formula is C13H14FN3O. The summed E-state index contributed by atoms with van der Waals surface area (Å²) in [5.74, 6) is 0.784. The SMILES string of the molecule is CCNc1ncnc(Oc2ccccc2F)c1C. The Morgan fingerprint density at radius 2 is 2.06 bits per heavy atom. The van der Waals surface area contributed by atoms with Crippen molar-refractivity contribution in [1.82, 2.24) is 9.97 Å². The zero-order chi connectivity index (χ0) is 13.0. The van der Waals surface area contributed by atoms with E-state index in [2.05, 4.69) is 15.3 Å². The fourth-order valence-corrected chi connectivity index (χ4v) is 1.51. The number of hydrogen-bond donors (Lipinski definition) is 1. The van der Waals surface area contributed by atoms with E-state index in [0.29, 0.717) is 11.7 Å². The van der Waals surface area contributed by atoms with Gasteiger partial charge in [0, 0.05) is 6.54 Å². The summed E-state index contributed by atoms with van der Waals surface area (Å²) in [6.07, 6.45) is 1.39. The number of benzene rings is 1. The largest absolute Gasteiger partial charge is 0.435 e. The third-order valence-corrected chi connectivity index (χ3v) is 2.43. The molecule has 2 rings (SSSR count). The van der Waals surface area contributed by atoms with Gasteiger partial charge in [-0.2, -0.15) is 0 Å².